The molecule has 1 aromatic heterocycles. The summed E-state index contributed by atoms with van der Waals surface area (Å²) in [5, 5.41) is 0. The third-order valence-electron chi connectivity index (χ3n) is 5.44. The number of carbonyl (C=O) groups excluding carboxylic acids is 1. The van der Waals surface area contributed by atoms with E-state index in [0.29, 0.717) is 32.6 Å². The second-order valence-electron chi connectivity index (χ2n) is 7.46. The number of piperidine rings is 1. The first-order valence-corrected chi connectivity index (χ1v) is 10.4. The summed E-state index contributed by atoms with van der Waals surface area (Å²) >= 11 is 0. The zero-order chi connectivity index (χ0) is 20.6. The second-order valence-corrected chi connectivity index (χ2v) is 7.46. The first-order valence-electron chi connectivity index (χ1n) is 10.4. The van der Waals surface area contributed by atoms with Gasteiger partial charge < -0.3 is 14.4 Å². The van der Waals surface area contributed by atoms with Gasteiger partial charge in [0.1, 0.15) is 11.6 Å². The predicted molar refractivity (Wildman–Crippen MR) is 112 cm³/mol. The van der Waals surface area contributed by atoms with Crippen LogP contribution in [0.3, 0.4) is 0 Å². The Kier molecular flexibility index (Phi) is 7.58. The van der Waals surface area contributed by atoms with Crippen LogP contribution in [-0.2, 0) is 22.6 Å². The Morgan fingerprint density at radius 1 is 1.28 bits per heavy atom. The molecule has 1 unspecified atom stereocenters. The zero-order valence-electron chi connectivity index (χ0n) is 17.7. The third kappa shape index (κ3) is 5.54. The van der Waals surface area contributed by atoms with Crippen molar-refractivity contribution in [3.63, 3.8) is 0 Å². The lowest BCUT2D eigenvalue weighted by atomic mass is 9.91. The highest BCUT2D eigenvalue weighted by Gasteiger charge is 2.27. The van der Waals surface area contributed by atoms with Crippen molar-refractivity contribution in [1.29, 1.82) is 0 Å². The number of methoxy groups -OCH3 is 1. The van der Waals surface area contributed by atoms with E-state index in [1.165, 1.54) is 0 Å². The molecule has 1 fully saturated rings. The van der Waals surface area contributed by atoms with Crippen LogP contribution < -0.4 is 4.74 Å². The van der Waals surface area contributed by atoms with E-state index in [1.54, 1.807) is 7.11 Å². The molecule has 0 N–H and O–H groups in total. The van der Waals surface area contributed by atoms with Crippen LogP contribution in [-0.4, -0.2) is 47.6 Å². The number of hydrogen-bond donors (Lipinski definition) is 0. The summed E-state index contributed by atoms with van der Waals surface area (Å²) in [7, 11) is 1.67. The van der Waals surface area contributed by atoms with Gasteiger partial charge in [-0.2, -0.15) is 0 Å². The van der Waals surface area contributed by atoms with Gasteiger partial charge in [0.15, 0.2) is 0 Å². The molecule has 1 atom stereocenters. The van der Waals surface area contributed by atoms with Gasteiger partial charge in [0.2, 0.25) is 5.91 Å². The van der Waals surface area contributed by atoms with Crippen molar-refractivity contribution >= 4 is 5.91 Å². The van der Waals surface area contributed by atoms with Crippen LogP contribution >= 0.6 is 0 Å². The van der Waals surface area contributed by atoms with Crippen molar-refractivity contribution in [2.24, 2.45) is 0 Å². The lowest BCUT2D eigenvalue weighted by Gasteiger charge is -2.33. The number of aryl methyl sites for hydroxylation is 2. The first kappa shape index (κ1) is 21.2. The molecule has 29 heavy (non-hydrogen) atoms. The largest absolute Gasteiger partial charge is 0.496 e. The van der Waals surface area contributed by atoms with E-state index in [0.717, 1.165) is 47.8 Å². The molecule has 3 rings (SSSR count). The van der Waals surface area contributed by atoms with E-state index in [1.807, 2.05) is 49.2 Å². The van der Waals surface area contributed by atoms with Gasteiger partial charge in [-0.05, 0) is 44.7 Å². The molecule has 6 heteroatoms. The molecule has 1 aromatic carbocycles. The summed E-state index contributed by atoms with van der Waals surface area (Å²) in [5.74, 6) is 2.03. The van der Waals surface area contributed by atoms with Crippen LogP contribution in [0.5, 0.6) is 5.75 Å². The predicted octanol–water partition coefficient (Wildman–Crippen LogP) is 3.67. The molecule has 0 bridgehead atoms. The van der Waals surface area contributed by atoms with Crippen molar-refractivity contribution in [1.82, 2.24) is 14.9 Å². The van der Waals surface area contributed by atoms with E-state index >= 15 is 0 Å². The average molecular weight is 398 g/mol. The Morgan fingerprint density at radius 2 is 2.10 bits per heavy atom. The van der Waals surface area contributed by atoms with Gasteiger partial charge in [-0.25, -0.2) is 9.97 Å². The van der Waals surface area contributed by atoms with Crippen molar-refractivity contribution in [3.05, 3.63) is 53.1 Å². The fraction of sp³-hybridized carbons (Fsp3) is 0.522. The minimum Gasteiger partial charge on any atom is -0.496 e. The summed E-state index contributed by atoms with van der Waals surface area (Å²) in [5.41, 5.74) is 3.14. The SMILES string of the molecule is CCOCc1cnc(C)nc1C1CCCN(C(=O)CCc2ccccc2OC)C1. The molecule has 2 aromatic rings. The molecule has 0 spiro atoms. The zero-order valence-corrected chi connectivity index (χ0v) is 17.7. The Labute approximate surface area is 173 Å². The third-order valence-corrected chi connectivity index (χ3v) is 5.44. The van der Waals surface area contributed by atoms with Gasteiger partial charge in [-0.1, -0.05) is 18.2 Å². The number of carbonyl (C=O) groups is 1. The van der Waals surface area contributed by atoms with Gasteiger partial charge >= 0.3 is 0 Å². The molecule has 0 aliphatic carbocycles. The number of benzene rings is 1. The topological polar surface area (TPSA) is 64.6 Å². The standard InChI is InChI=1S/C23H31N3O3/c1-4-29-16-20-14-24-17(2)25-23(20)19-9-7-13-26(15-19)22(27)12-11-18-8-5-6-10-21(18)28-3/h5-6,8,10,14,19H,4,7,9,11-13,15-16H2,1-3H3. The number of nitrogens with zero attached hydrogens (tertiary/aromatic N) is 3. The van der Waals surface area contributed by atoms with E-state index in [-0.39, 0.29) is 11.8 Å². The molecule has 156 valence electrons. The number of likely N-dealkylation sites (tertiary alicyclic amines) is 1. The Balaban J connectivity index is 1.66. The molecule has 0 saturated carbocycles. The van der Waals surface area contributed by atoms with Gasteiger partial charge in [-0.3, -0.25) is 4.79 Å². The number of amides is 1. The normalized spacial score (nSPS) is 16.7. The highest BCUT2D eigenvalue weighted by Crippen LogP contribution is 2.29. The van der Waals surface area contributed by atoms with Crippen molar-refractivity contribution < 1.29 is 14.3 Å². The maximum absolute atomic E-state index is 12.9. The highest BCUT2D eigenvalue weighted by atomic mass is 16.5. The second kappa shape index (κ2) is 10.3. The summed E-state index contributed by atoms with van der Waals surface area (Å²) in [6.07, 6.45) is 5.07. The number of para-hydroxylation sites is 1. The fourth-order valence-electron chi connectivity index (χ4n) is 3.93. The van der Waals surface area contributed by atoms with E-state index < -0.39 is 0 Å². The highest BCUT2D eigenvalue weighted by molar-refractivity contribution is 5.76. The molecular weight excluding hydrogens is 366 g/mol. The Bertz CT molecular complexity index is 825. The van der Waals surface area contributed by atoms with Crippen molar-refractivity contribution in [2.45, 2.75) is 52.1 Å². The Hall–Kier alpha value is -2.47. The molecule has 2 heterocycles. The van der Waals surface area contributed by atoms with Crippen molar-refractivity contribution in [2.75, 3.05) is 26.8 Å². The number of rotatable bonds is 8. The van der Waals surface area contributed by atoms with Crippen LogP contribution in [0.4, 0.5) is 0 Å². The molecule has 1 aliphatic rings. The summed E-state index contributed by atoms with van der Waals surface area (Å²) in [6, 6.07) is 7.89. The van der Waals surface area contributed by atoms with E-state index in [9.17, 15) is 4.79 Å². The lowest BCUT2D eigenvalue weighted by molar-refractivity contribution is -0.132. The van der Waals surface area contributed by atoms with Crippen LogP contribution in [0.1, 0.15) is 54.7 Å². The molecule has 1 aliphatic heterocycles. The maximum atomic E-state index is 12.9. The molecule has 6 nitrogen and oxygen atoms in total. The lowest BCUT2D eigenvalue weighted by Crippen LogP contribution is -2.39. The van der Waals surface area contributed by atoms with Crippen LogP contribution in [0, 0.1) is 6.92 Å². The van der Waals surface area contributed by atoms with E-state index in [4.69, 9.17) is 14.5 Å². The smallest absolute Gasteiger partial charge is 0.222 e. The number of ether oxygens (including phenoxy) is 2. The Morgan fingerprint density at radius 3 is 2.90 bits per heavy atom. The minimum atomic E-state index is 0.192. The first-order chi connectivity index (χ1) is 14.1. The quantitative estimate of drug-likeness (QED) is 0.680. The van der Waals surface area contributed by atoms with Gasteiger partial charge in [-0.15, -0.1) is 0 Å². The van der Waals surface area contributed by atoms with E-state index in [2.05, 4.69) is 4.98 Å². The minimum absolute atomic E-state index is 0.192. The molecule has 1 saturated heterocycles. The number of hydrogen-bond acceptors (Lipinski definition) is 5. The van der Waals surface area contributed by atoms with Crippen LogP contribution in [0.15, 0.2) is 30.5 Å². The fourth-order valence-corrected chi connectivity index (χ4v) is 3.93. The summed E-state index contributed by atoms with van der Waals surface area (Å²) in [4.78, 5) is 23.9. The molecule has 1 amide bonds. The molecular formula is C23H31N3O3. The summed E-state index contributed by atoms with van der Waals surface area (Å²) < 4.78 is 11.0. The van der Waals surface area contributed by atoms with Gasteiger partial charge in [0.05, 0.1) is 19.4 Å². The monoisotopic (exact) mass is 397 g/mol. The summed E-state index contributed by atoms with van der Waals surface area (Å²) in [6.45, 7) is 6.59. The van der Waals surface area contributed by atoms with Crippen LogP contribution in [0.25, 0.3) is 0 Å². The van der Waals surface area contributed by atoms with Crippen molar-refractivity contribution in [3.8, 4) is 5.75 Å². The number of aromatic nitrogens is 2. The average Bonchev–Trinajstić information content (AvgIpc) is 2.76. The van der Waals surface area contributed by atoms with Crippen LogP contribution in [0.2, 0.25) is 0 Å². The van der Waals surface area contributed by atoms with Gasteiger partial charge in [0.25, 0.3) is 0 Å². The maximum Gasteiger partial charge on any atom is 0.222 e. The van der Waals surface area contributed by atoms with Gasteiger partial charge in [0, 0.05) is 43.8 Å². The molecule has 0 radical (unpaired) electrons.